The van der Waals surface area contributed by atoms with Crippen LogP contribution in [-0.4, -0.2) is 27.1 Å². The number of hydrogen-bond donors (Lipinski definition) is 1. The smallest absolute Gasteiger partial charge is 0.356 e. The van der Waals surface area contributed by atoms with E-state index in [1.165, 1.54) is 6.20 Å². The third kappa shape index (κ3) is 3.31. The van der Waals surface area contributed by atoms with Gasteiger partial charge in [0.05, 0.1) is 24.8 Å². The standard InChI is InChI=1S/C12H14N4O2/c13-10-2-3-11(15-8-10)12(17)18-7-1-5-16-6-4-14-9-16/h2-4,6,8-9H,1,5,7,13H2. The van der Waals surface area contributed by atoms with E-state index in [0.29, 0.717) is 12.3 Å². The molecule has 0 unspecified atom stereocenters. The number of anilines is 1. The van der Waals surface area contributed by atoms with Gasteiger partial charge in [0.15, 0.2) is 0 Å². The van der Waals surface area contributed by atoms with E-state index in [2.05, 4.69) is 9.97 Å². The Morgan fingerprint density at radius 1 is 1.44 bits per heavy atom. The lowest BCUT2D eigenvalue weighted by Gasteiger charge is -2.05. The number of carbonyl (C=O) groups is 1. The summed E-state index contributed by atoms with van der Waals surface area (Å²) < 4.78 is 7.02. The summed E-state index contributed by atoms with van der Waals surface area (Å²) in [5.74, 6) is -0.430. The summed E-state index contributed by atoms with van der Waals surface area (Å²) in [6.45, 7) is 1.12. The fourth-order valence-corrected chi connectivity index (χ4v) is 1.43. The molecule has 2 rings (SSSR count). The number of aryl methyl sites for hydroxylation is 1. The molecule has 0 aliphatic rings. The molecule has 18 heavy (non-hydrogen) atoms. The van der Waals surface area contributed by atoms with Crippen LogP contribution >= 0.6 is 0 Å². The zero-order valence-corrected chi connectivity index (χ0v) is 9.82. The van der Waals surface area contributed by atoms with E-state index >= 15 is 0 Å². The number of esters is 1. The van der Waals surface area contributed by atoms with Crippen molar-refractivity contribution < 1.29 is 9.53 Å². The number of ether oxygens (including phenoxy) is 1. The Balaban J connectivity index is 1.73. The van der Waals surface area contributed by atoms with Gasteiger partial charge in [-0.1, -0.05) is 0 Å². The number of rotatable bonds is 5. The topological polar surface area (TPSA) is 83.0 Å². The van der Waals surface area contributed by atoms with Crippen LogP contribution in [0.4, 0.5) is 5.69 Å². The summed E-state index contributed by atoms with van der Waals surface area (Å²) in [7, 11) is 0. The van der Waals surface area contributed by atoms with E-state index < -0.39 is 5.97 Å². The third-order valence-corrected chi connectivity index (χ3v) is 2.35. The van der Waals surface area contributed by atoms with Crippen molar-refractivity contribution in [2.45, 2.75) is 13.0 Å². The third-order valence-electron chi connectivity index (χ3n) is 2.35. The van der Waals surface area contributed by atoms with E-state index in [0.717, 1.165) is 13.0 Å². The highest BCUT2D eigenvalue weighted by Crippen LogP contribution is 2.03. The monoisotopic (exact) mass is 246 g/mol. The SMILES string of the molecule is Nc1ccc(C(=O)OCCCn2ccnc2)nc1. The maximum atomic E-state index is 11.6. The molecule has 0 spiro atoms. The largest absolute Gasteiger partial charge is 0.461 e. The van der Waals surface area contributed by atoms with E-state index in [4.69, 9.17) is 10.5 Å². The second kappa shape index (κ2) is 5.81. The predicted molar refractivity (Wildman–Crippen MR) is 65.8 cm³/mol. The van der Waals surface area contributed by atoms with Crippen LogP contribution in [0.3, 0.4) is 0 Å². The predicted octanol–water partition coefficient (Wildman–Crippen LogP) is 1.11. The molecule has 0 aromatic carbocycles. The average molecular weight is 246 g/mol. The minimum Gasteiger partial charge on any atom is -0.461 e. The maximum Gasteiger partial charge on any atom is 0.356 e. The van der Waals surface area contributed by atoms with Crippen LogP contribution in [0.5, 0.6) is 0 Å². The Kier molecular flexibility index (Phi) is 3.90. The Morgan fingerprint density at radius 3 is 3.00 bits per heavy atom. The number of nitrogen functional groups attached to an aromatic ring is 1. The molecule has 0 saturated carbocycles. The molecule has 0 saturated heterocycles. The minimum absolute atomic E-state index is 0.270. The molecule has 0 aliphatic carbocycles. The second-order valence-electron chi connectivity index (χ2n) is 3.77. The zero-order chi connectivity index (χ0) is 12.8. The van der Waals surface area contributed by atoms with Crippen molar-refractivity contribution in [3.8, 4) is 0 Å². The number of pyridine rings is 1. The van der Waals surface area contributed by atoms with Crippen LogP contribution in [-0.2, 0) is 11.3 Å². The molecule has 0 aliphatic heterocycles. The number of carbonyl (C=O) groups excluding carboxylic acids is 1. The number of nitrogens with two attached hydrogens (primary N) is 1. The zero-order valence-electron chi connectivity index (χ0n) is 9.82. The first-order valence-electron chi connectivity index (χ1n) is 5.60. The highest BCUT2D eigenvalue weighted by molar-refractivity contribution is 5.87. The molecule has 6 heteroatoms. The van der Waals surface area contributed by atoms with Crippen LogP contribution in [0, 0.1) is 0 Å². The maximum absolute atomic E-state index is 11.6. The van der Waals surface area contributed by atoms with Gasteiger partial charge in [-0.25, -0.2) is 14.8 Å². The minimum atomic E-state index is -0.430. The lowest BCUT2D eigenvalue weighted by molar-refractivity contribution is 0.0489. The van der Waals surface area contributed by atoms with Gasteiger partial charge in [0.1, 0.15) is 5.69 Å². The average Bonchev–Trinajstić information content (AvgIpc) is 2.88. The number of aromatic nitrogens is 3. The van der Waals surface area contributed by atoms with E-state index in [1.54, 1.807) is 24.7 Å². The number of hydrogen-bond acceptors (Lipinski definition) is 5. The van der Waals surface area contributed by atoms with Gasteiger partial charge >= 0.3 is 5.97 Å². The molecule has 2 heterocycles. The van der Waals surface area contributed by atoms with Crippen LogP contribution in [0.25, 0.3) is 0 Å². The summed E-state index contributed by atoms with van der Waals surface area (Å²) in [6, 6.07) is 3.17. The Morgan fingerprint density at radius 2 is 2.33 bits per heavy atom. The normalized spacial score (nSPS) is 10.2. The van der Waals surface area contributed by atoms with E-state index in [9.17, 15) is 4.79 Å². The van der Waals surface area contributed by atoms with Gasteiger partial charge in [-0.2, -0.15) is 0 Å². The highest BCUT2D eigenvalue weighted by atomic mass is 16.5. The van der Waals surface area contributed by atoms with Crippen LogP contribution in [0.2, 0.25) is 0 Å². The van der Waals surface area contributed by atoms with Crippen molar-refractivity contribution in [2.75, 3.05) is 12.3 Å². The quantitative estimate of drug-likeness (QED) is 0.631. The molecule has 0 amide bonds. The van der Waals surface area contributed by atoms with E-state index in [1.807, 2.05) is 10.8 Å². The van der Waals surface area contributed by atoms with Gasteiger partial charge in [-0.15, -0.1) is 0 Å². The molecular weight excluding hydrogens is 232 g/mol. The molecule has 0 atom stereocenters. The van der Waals surface area contributed by atoms with Gasteiger partial charge < -0.3 is 15.0 Å². The number of nitrogens with zero attached hydrogens (tertiary/aromatic N) is 3. The van der Waals surface area contributed by atoms with Gasteiger partial charge in [-0.05, 0) is 18.6 Å². The molecule has 0 radical (unpaired) electrons. The van der Waals surface area contributed by atoms with Crippen molar-refractivity contribution in [3.63, 3.8) is 0 Å². The molecule has 0 bridgehead atoms. The molecule has 2 aromatic rings. The molecule has 2 N–H and O–H groups in total. The van der Waals surface area contributed by atoms with E-state index in [-0.39, 0.29) is 5.69 Å². The van der Waals surface area contributed by atoms with Crippen LogP contribution < -0.4 is 5.73 Å². The molecule has 6 nitrogen and oxygen atoms in total. The van der Waals surface area contributed by atoms with Crippen molar-refractivity contribution >= 4 is 11.7 Å². The summed E-state index contributed by atoms with van der Waals surface area (Å²) in [5, 5.41) is 0. The summed E-state index contributed by atoms with van der Waals surface area (Å²) in [4.78, 5) is 19.4. The first kappa shape index (κ1) is 12.1. The summed E-state index contributed by atoms with van der Waals surface area (Å²) in [5.41, 5.74) is 6.27. The highest BCUT2D eigenvalue weighted by Gasteiger charge is 2.07. The molecule has 94 valence electrons. The van der Waals surface area contributed by atoms with Gasteiger partial charge in [0.2, 0.25) is 0 Å². The lowest BCUT2D eigenvalue weighted by Crippen LogP contribution is -2.10. The van der Waals surface area contributed by atoms with Crippen molar-refractivity contribution in [1.82, 2.24) is 14.5 Å². The molecular formula is C12H14N4O2. The molecule has 0 fully saturated rings. The van der Waals surface area contributed by atoms with Crippen LogP contribution in [0.15, 0.2) is 37.1 Å². The second-order valence-corrected chi connectivity index (χ2v) is 3.77. The summed E-state index contributed by atoms with van der Waals surface area (Å²) >= 11 is 0. The fraction of sp³-hybridized carbons (Fsp3) is 0.250. The fourth-order valence-electron chi connectivity index (χ4n) is 1.43. The van der Waals surface area contributed by atoms with Gasteiger partial charge in [-0.3, -0.25) is 0 Å². The Hall–Kier alpha value is -2.37. The van der Waals surface area contributed by atoms with Crippen molar-refractivity contribution in [2.24, 2.45) is 0 Å². The molecule has 2 aromatic heterocycles. The Labute approximate surface area is 104 Å². The first-order valence-corrected chi connectivity index (χ1v) is 5.60. The first-order chi connectivity index (χ1) is 8.75. The summed E-state index contributed by atoms with van der Waals surface area (Å²) in [6.07, 6.45) is 7.47. The van der Waals surface area contributed by atoms with Gasteiger partial charge in [0.25, 0.3) is 0 Å². The lowest BCUT2D eigenvalue weighted by atomic mass is 10.3. The number of imidazole rings is 1. The van der Waals surface area contributed by atoms with Crippen molar-refractivity contribution in [3.05, 3.63) is 42.7 Å². The van der Waals surface area contributed by atoms with Crippen LogP contribution in [0.1, 0.15) is 16.9 Å². The van der Waals surface area contributed by atoms with Gasteiger partial charge in [0, 0.05) is 18.9 Å². The van der Waals surface area contributed by atoms with Crippen molar-refractivity contribution in [1.29, 1.82) is 0 Å². The Bertz CT molecular complexity index is 493.